The molecule has 1 aliphatic heterocycles. The Hall–Kier alpha value is -3.64. The first-order valence-corrected chi connectivity index (χ1v) is 11.6. The van der Waals surface area contributed by atoms with Gasteiger partial charge in [-0.15, -0.1) is 0 Å². The van der Waals surface area contributed by atoms with E-state index < -0.39 is 0 Å². The molecule has 34 heavy (non-hydrogen) atoms. The number of nitrogens with zero attached hydrogens (tertiary/aromatic N) is 1. The van der Waals surface area contributed by atoms with Crippen LogP contribution in [0.25, 0.3) is 11.1 Å². The third-order valence-electron chi connectivity index (χ3n) is 6.33. The van der Waals surface area contributed by atoms with Gasteiger partial charge >= 0.3 is 0 Å². The van der Waals surface area contributed by atoms with Crippen molar-refractivity contribution in [3.05, 3.63) is 83.9 Å². The van der Waals surface area contributed by atoms with Crippen LogP contribution in [0, 0.1) is 5.92 Å². The average Bonchev–Trinajstić information content (AvgIpc) is 2.84. The van der Waals surface area contributed by atoms with Crippen LogP contribution in [0.2, 0.25) is 0 Å². The Kier molecular flexibility index (Phi) is 6.98. The van der Waals surface area contributed by atoms with Crippen LogP contribution >= 0.6 is 0 Å². The molecule has 4 rings (SSSR count). The van der Waals surface area contributed by atoms with Gasteiger partial charge in [-0.1, -0.05) is 62.4 Å². The van der Waals surface area contributed by atoms with Crippen LogP contribution in [0.1, 0.15) is 29.8 Å². The van der Waals surface area contributed by atoms with Crippen LogP contribution < -0.4 is 15.5 Å². The second-order valence-corrected chi connectivity index (χ2v) is 9.13. The molecule has 6 heteroatoms. The molecule has 0 spiro atoms. The van der Waals surface area contributed by atoms with Crippen molar-refractivity contribution in [2.75, 3.05) is 23.9 Å². The quantitative estimate of drug-likeness (QED) is 0.539. The fourth-order valence-electron chi connectivity index (χ4n) is 4.58. The normalized spacial score (nSPS) is 18.0. The van der Waals surface area contributed by atoms with Crippen LogP contribution in [0.4, 0.5) is 11.4 Å². The van der Waals surface area contributed by atoms with Gasteiger partial charge in [0.25, 0.3) is 5.91 Å². The van der Waals surface area contributed by atoms with Crippen LogP contribution in [0.15, 0.2) is 72.8 Å². The number of likely N-dealkylation sites (N-methyl/N-ethyl adjacent to an activating group) is 1. The number of carbonyl (C=O) groups excluding carboxylic acids is 2. The molecule has 1 aliphatic rings. The lowest BCUT2D eigenvalue weighted by Crippen LogP contribution is -2.54. The van der Waals surface area contributed by atoms with Crippen LogP contribution in [-0.4, -0.2) is 42.7 Å². The molecule has 2 amide bonds. The Morgan fingerprint density at radius 1 is 1.06 bits per heavy atom. The molecule has 176 valence electrons. The predicted molar refractivity (Wildman–Crippen MR) is 136 cm³/mol. The number of hydrogen-bond acceptors (Lipinski definition) is 4. The molecule has 0 aromatic heterocycles. The zero-order valence-electron chi connectivity index (χ0n) is 19.8. The molecule has 3 aromatic rings. The monoisotopic (exact) mass is 457 g/mol. The first kappa shape index (κ1) is 23.5. The van der Waals surface area contributed by atoms with Crippen molar-refractivity contribution in [3.8, 4) is 11.1 Å². The highest BCUT2D eigenvalue weighted by molar-refractivity contribution is 6.04. The van der Waals surface area contributed by atoms with Gasteiger partial charge in [0.15, 0.2) is 0 Å². The van der Waals surface area contributed by atoms with Crippen molar-refractivity contribution < 1.29 is 14.7 Å². The number of rotatable bonds is 5. The van der Waals surface area contributed by atoms with Gasteiger partial charge in [0.1, 0.15) is 6.04 Å². The Morgan fingerprint density at radius 3 is 2.38 bits per heavy atom. The average molecular weight is 458 g/mol. The van der Waals surface area contributed by atoms with Gasteiger partial charge in [-0.05, 0) is 53.3 Å². The van der Waals surface area contributed by atoms with Gasteiger partial charge in [-0.2, -0.15) is 0 Å². The number of anilines is 2. The summed E-state index contributed by atoms with van der Waals surface area (Å²) in [5, 5.41) is 15.7. The molecular formula is C28H31N3O3. The molecule has 2 atom stereocenters. The maximum atomic E-state index is 12.9. The topological polar surface area (TPSA) is 81.7 Å². The van der Waals surface area contributed by atoms with Crippen molar-refractivity contribution in [1.29, 1.82) is 0 Å². The molecule has 1 unspecified atom stereocenters. The first-order valence-electron chi connectivity index (χ1n) is 11.6. The highest BCUT2D eigenvalue weighted by atomic mass is 16.3. The summed E-state index contributed by atoms with van der Waals surface area (Å²) in [6, 6.07) is 22.6. The van der Waals surface area contributed by atoms with E-state index in [4.69, 9.17) is 0 Å². The van der Waals surface area contributed by atoms with Crippen LogP contribution in [-0.2, 0) is 11.2 Å². The number of amides is 2. The van der Waals surface area contributed by atoms with E-state index in [1.54, 1.807) is 0 Å². The molecule has 6 nitrogen and oxygen atoms in total. The fraction of sp³-hybridized carbons (Fsp3) is 0.286. The highest BCUT2D eigenvalue weighted by Gasteiger charge is 2.32. The lowest BCUT2D eigenvalue weighted by atomic mass is 9.95. The van der Waals surface area contributed by atoms with E-state index in [1.165, 1.54) is 0 Å². The van der Waals surface area contributed by atoms with Gasteiger partial charge in [0.05, 0.1) is 12.6 Å². The number of aliphatic hydroxyl groups excluding tert-OH is 1. The van der Waals surface area contributed by atoms with Crippen molar-refractivity contribution in [2.24, 2.45) is 5.92 Å². The van der Waals surface area contributed by atoms with Gasteiger partial charge in [-0.3, -0.25) is 9.59 Å². The lowest BCUT2D eigenvalue weighted by molar-refractivity contribution is -0.124. The summed E-state index contributed by atoms with van der Waals surface area (Å²) in [6.07, 6.45) is 0.516. The number of carbonyl (C=O) groups is 2. The molecule has 3 aromatic carbocycles. The van der Waals surface area contributed by atoms with Crippen molar-refractivity contribution >= 4 is 23.2 Å². The van der Waals surface area contributed by atoms with Crippen LogP contribution in [0.3, 0.4) is 0 Å². The zero-order chi connectivity index (χ0) is 24.2. The number of fused-ring (bicyclic) bond motifs is 1. The van der Waals surface area contributed by atoms with E-state index in [-0.39, 0.29) is 36.4 Å². The standard InChI is InChI=1S/C28H31N3O3/c1-18(2)26-28(34)30-24(17-32)15-22-13-14-23(16-25(22)31(26)3)29-27(33)21-11-9-20(10-12-21)19-7-5-4-6-8-19/h4-14,16,18,24,26,32H,15,17H2,1-3H3,(H,29,33)(H,30,34)/t24-,26?/m0/s1. The Labute approximate surface area is 200 Å². The Bertz CT molecular complexity index is 1160. The lowest BCUT2D eigenvalue weighted by Gasteiger charge is -2.37. The highest BCUT2D eigenvalue weighted by Crippen LogP contribution is 2.30. The van der Waals surface area contributed by atoms with E-state index >= 15 is 0 Å². The Balaban J connectivity index is 1.58. The van der Waals surface area contributed by atoms with Crippen LogP contribution in [0.5, 0.6) is 0 Å². The maximum Gasteiger partial charge on any atom is 0.255 e. The third kappa shape index (κ3) is 4.97. The van der Waals surface area contributed by atoms with Gasteiger partial charge in [-0.25, -0.2) is 0 Å². The second-order valence-electron chi connectivity index (χ2n) is 9.13. The number of benzene rings is 3. The number of hydrogen-bond donors (Lipinski definition) is 3. The zero-order valence-corrected chi connectivity index (χ0v) is 19.8. The molecule has 1 heterocycles. The molecule has 0 saturated heterocycles. The summed E-state index contributed by atoms with van der Waals surface area (Å²) in [6.45, 7) is 3.87. The summed E-state index contributed by atoms with van der Waals surface area (Å²) < 4.78 is 0. The number of nitrogens with one attached hydrogen (secondary N) is 2. The van der Waals surface area contributed by atoms with E-state index in [1.807, 2.05) is 98.6 Å². The van der Waals surface area contributed by atoms with Crippen molar-refractivity contribution in [2.45, 2.75) is 32.4 Å². The Morgan fingerprint density at radius 2 is 1.74 bits per heavy atom. The minimum atomic E-state index is -0.385. The van der Waals surface area contributed by atoms with E-state index in [0.717, 1.165) is 22.4 Å². The number of aliphatic hydroxyl groups is 1. The summed E-state index contributed by atoms with van der Waals surface area (Å²) in [5.74, 6) is -0.230. The van der Waals surface area contributed by atoms with Gasteiger partial charge in [0, 0.05) is 24.0 Å². The van der Waals surface area contributed by atoms with E-state index in [0.29, 0.717) is 17.7 Å². The largest absolute Gasteiger partial charge is 0.394 e. The fourth-order valence-corrected chi connectivity index (χ4v) is 4.58. The summed E-state index contributed by atoms with van der Waals surface area (Å²) in [7, 11) is 1.90. The maximum absolute atomic E-state index is 12.9. The summed E-state index contributed by atoms with van der Waals surface area (Å²) >= 11 is 0. The molecule has 0 aliphatic carbocycles. The molecule has 0 saturated carbocycles. The second kappa shape index (κ2) is 10.1. The van der Waals surface area contributed by atoms with Crippen molar-refractivity contribution in [3.63, 3.8) is 0 Å². The smallest absolute Gasteiger partial charge is 0.255 e. The minimum absolute atomic E-state index is 0.0664. The molecule has 0 bridgehead atoms. The van der Waals surface area contributed by atoms with Crippen molar-refractivity contribution in [1.82, 2.24) is 5.32 Å². The minimum Gasteiger partial charge on any atom is -0.394 e. The molecule has 0 radical (unpaired) electrons. The SMILES string of the molecule is CC(C)C1C(=O)N[C@H](CO)Cc2ccc(NC(=O)c3ccc(-c4ccccc4)cc3)cc2N1C. The van der Waals surface area contributed by atoms with E-state index in [9.17, 15) is 14.7 Å². The summed E-state index contributed by atoms with van der Waals surface area (Å²) in [5.41, 5.74) is 5.27. The molecule has 3 N–H and O–H groups in total. The van der Waals surface area contributed by atoms with Gasteiger partial charge < -0.3 is 20.6 Å². The first-order chi connectivity index (χ1) is 16.4. The molecule has 0 fully saturated rings. The van der Waals surface area contributed by atoms with Gasteiger partial charge in [0.2, 0.25) is 5.91 Å². The third-order valence-corrected chi connectivity index (χ3v) is 6.33. The predicted octanol–water partition coefficient (Wildman–Crippen LogP) is 4.10. The molecular weight excluding hydrogens is 426 g/mol. The summed E-state index contributed by atoms with van der Waals surface area (Å²) in [4.78, 5) is 27.7. The van der Waals surface area contributed by atoms with E-state index in [2.05, 4.69) is 10.6 Å².